The summed E-state index contributed by atoms with van der Waals surface area (Å²) in [6.07, 6.45) is 7.38. The SMILES string of the molecule is CCc1ccc(NC(=O)Nc2ccc(-c3nc(N4CCOCC4)c4cc(CN(C)C)cn4n3)cc2)cc1.CN(C)Cc1cc2c(N3CCOCC3)nc(-c3ccc(NC(=O)Nc4ccc(C(=O)N(C)C)cc4)cc3)nn2c1.CN(C)Cc1cc2c(N3CCOCC3)nc(-c3ccc(NC(=O)Nc4ccc(C(=O)N5CCN(C)CC5)cc4)cc3)nn2c1.O=C=O. The highest BCUT2D eigenvalue weighted by atomic mass is 16.5. The van der Waals surface area contributed by atoms with Gasteiger partial charge in [-0.1, -0.05) is 19.1 Å². The second kappa shape index (κ2) is 41.8. The summed E-state index contributed by atoms with van der Waals surface area (Å²) in [4.78, 5) is 113. The molecule has 16 rings (SSSR count). The molecule has 124 heavy (non-hydrogen) atoms. The molecule has 34 heteroatoms. The zero-order valence-electron chi connectivity index (χ0n) is 71.6. The summed E-state index contributed by atoms with van der Waals surface area (Å²) in [5, 5.41) is 31.6. The summed E-state index contributed by atoms with van der Waals surface area (Å²) in [5.74, 6) is 4.45. The fraction of sp³-hybridized carbons (Fsp3) is 0.333. The number of amides is 8. The highest BCUT2D eigenvalue weighted by molar-refractivity contribution is 6.02. The fourth-order valence-corrected chi connectivity index (χ4v) is 14.5. The van der Waals surface area contributed by atoms with E-state index in [9.17, 15) is 24.0 Å². The van der Waals surface area contributed by atoms with E-state index in [0.29, 0.717) is 96.7 Å². The minimum atomic E-state index is -0.382. The van der Waals surface area contributed by atoms with Gasteiger partial charge < -0.3 is 90.2 Å². The molecule has 4 aliphatic rings. The van der Waals surface area contributed by atoms with Crippen molar-refractivity contribution in [3.8, 4) is 34.2 Å². The molecule has 646 valence electrons. The van der Waals surface area contributed by atoms with Gasteiger partial charge in [0.1, 0.15) is 16.6 Å². The number of hydrogen-bond acceptors (Lipinski definition) is 23. The van der Waals surface area contributed by atoms with Crippen molar-refractivity contribution >= 4 is 104 Å². The molecule has 0 spiro atoms. The third-order valence-electron chi connectivity index (χ3n) is 20.7. The second-order valence-electron chi connectivity index (χ2n) is 31.4. The van der Waals surface area contributed by atoms with Gasteiger partial charge in [-0.2, -0.15) is 9.59 Å². The third-order valence-corrected chi connectivity index (χ3v) is 20.7. The van der Waals surface area contributed by atoms with Gasteiger partial charge in [-0.15, -0.1) is 15.3 Å². The Morgan fingerprint density at radius 3 is 0.919 bits per heavy atom. The van der Waals surface area contributed by atoms with Crippen molar-refractivity contribution in [2.45, 2.75) is 33.0 Å². The van der Waals surface area contributed by atoms with Crippen molar-refractivity contribution in [3.63, 3.8) is 0 Å². The molecular formula is C90H106N24O10. The zero-order chi connectivity index (χ0) is 87.3. The van der Waals surface area contributed by atoms with Gasteiger partial charge >= 0.3 is 24.2 Å². The predicted octanol–water partition coefficient (Wildman–Crippen LogP) is 10.9. The lowest BCUT2D eigenvalue weighted by molar-refractivity contribution is -0.191. The number of carbonyl (C=O) groups is 5. The standard InChI is InChI=1S/C32H39N9O3.C29H34N8O3.C28H33N7O2.CO2/c1-37(2)21-23-20-28-30(39-16-18-44-19-17-39)35-29(36-41(28)22-23)24-4-8-26(9-5-24)33-32(43)34-27-10-6-25(7-11-27)31(42)40-14-12-38(3)13-15-40;1-34(2)18-20-17-25-27(36-13-15-40-16-14-36)32-26(33-37(25)19-20)21-5-9-23(10-6-21)30-29(39)31-24-11-7-22(8-12-24)28(38)35(3)4;1-4-20-5-9-23(10-6-20)29-28(36)30-24-11-7-22(8-12-24)26-31-27(34-13-15-37-16-14-34)25-17-21(18-33(2)3)19-35(25)32-26;2-1-3/h4-11,20,22H,12-19,21H2,1-3H3,(H2,33,34,43);5-12,17,19H,13-16,18H2,1-4H3,(H2,30,31,39);5-12,17,19H,4,13-16,18H2,1-3H3,(H2,29,30,36);. The van der Waals surface area contributed by atoms with E-state index in [4.69, 9.17) is 54.0 Å². The number of ether oxygens (including phenoxy) is 3. The van der Waals surface area contributed by atoms with Crippen molar-refractivity contribution in [2.75, 3.05) is 215 Å². The normalized spacial score (nSPS) is 14.2. The summed E-state index contributed by atoms with van der Waals surface area (Å²) >= 11 is 0. The number of nitrogens with one attached hydrogen (secondary N) is 6. The molecule has 0 unspecified atom stereocenters. The lowest BCUT2D eigenvalue weighted by atomic mass is 10.1. The lowest BCUT2D eigenvalue weighted by Gasteiger charge is -2.32. The fourth-order valence-electron chi connectivity index (χ4n) is 14.5. The van der Waals surface area contributed by atoms with E-state index in [-0.39, 0.29) is 36.1 Å². The Balaban J connectivity index is 0.000000158. The van der Waals surface area contributed by atoms with Crippen LogP contribution in [0.15, 0.2) is 182 Å². The first-order valence-electron chi connectivity index (χ1n) is 41.1. The maximum absolute atomic E-state index is 12.8. The number of nitrogens with zero attached hydrogens (tertiary/aromatic N) is 18. The van der Waals surface area contributed by atoms with Crippen LogP contribution in [0.2, 0.25) is 0 Å². The number of carbonyl (C=O) groups excluding carboxylic acids is 7. The van der Waals surface area contributed by atoms with Gasteiger partial charge in [0, 0.05) is 180 Å². The number of likely N-dealkylation sites (N-methyl/N-ethyl adjacent to an activating group) is 1. The molecular weight excluding hydrogens is 1580 g/mol. The molecule has 8 amide bonds. The summed E-state index contributed by atoms with van der Waals surface area (Å²) in [5.41, 5.74) is 15.3. The van der Waals surface area contributed by atoms with E-state index >= 15 is 0 Å². The van der Waals surface area contributed by atoms with Crippen LogP contribution in [0.5, 0.6) is 0 Å². The number of urea groups is 3. The molecule has 0 radical (unpaired) electrons. The van der Waals surface area contributed by atoms with Crippen LogP contribution in [0.1, 0.15) is 49.9 Å². The van der Waals surface area contributed by atoms with Gasteiger partial charge in [-0.3, -0.25) is 9.59 Å². The number of piperazine rings is 1. The first kappa shape index (κ1) is 88.2. The van der Waals surface area contributed by atoms with Crippen molar-refractivity contribution in [2.24, 2.45) is 0 Å². The van der Waals surface area contributed by atoms with Crippen LogP contribution < -0.4 is 46.6 Å². The third kappa shape index (κ3) is 23.6. The maximum Gasteiger partial charge on any atom is 0.373 e. The summed E-state index contributed by atoms with van der Waals surface area (Å²) in [6.45, 7) is 16.4. The molecule has 12 aromatic rings. The summed E-state index contributed by atoms with van der Waals surface area (Å²) in [7, 11) is 17.8. The van der Waals surface area contributed by atoms with E-state index in [2.05, 4.69) is 125 Å². The topological polar surface area (TPSA) is 339 Å². The van der Waals surface area contributed by atoms with Crippen LogP contribution in [0, 0.1) is 0 Å². The van der Waals surface area contributed by atoms with Crippen LogP contribution in [-0.4, -0.2) is 278 Å². The lowest BCUT2D eigenvalue weighted by Crippen LogP contribution is -2.47. The number of fused-ring (bicyclic) bond motifs is 3. The van der Waals surface area contributed by atoms with Crippen LogP contribution in [0.4, 0.5) is 66.0 Å². The molecule has 0 aliphatic carbocycles. The number of benzene rings is 6. The molecule has 0 bridgehead atoms. The predicted molar refractivity (Wildman–Crippen MR) is 480 cm³/mol. The van der Waals surface area contributed by atoms with Gasteiger partial charge in [0.05, 0.1) is 39.6 Å². The van der Waals surface area contributed by atoms with E-state index in [1.54, 1.807) is 62.6 Å². The first-order valence-corrected chi connectivity index (χ1v) is 41.1. The molecule has 4 saturated heterocycles. The maximum atomic E-state index is 12.8. The zero-order valence-corrected chi connectivity index (χ0v) is 71.6. The molecule has 4 aliphatic heterocycles. The Morgan fingerprint density at radius 1 is 0.371 bits per heavy atom. The van der Waals surface area contributed by atoms with Gasteiger partial charge in [0.25, 0.3) is 11.8 Å². The summed E-state index contributed by atoms with van der Waals surface area (Å²) in [6, 6.07) is 49.5. The van der Waals surface area contributed by atoms with Crippen LogP contribution in [0.3, 0.4) is 0 Å². The minimum Gasteiger partial charge on any atom is -0.378 e. The number of morpholine rings is 3. The van der Waals surface area contributed by atoms with Gasteiger partial charge in [-0.25, -0.2) is 42.9 Å². The van der Waals surface area contributed by atoms with E-state index in [0.717, 1.165) is 159 Å². The van der Waals surface area contributed by atoms with E-state index < -0.39 is 0 Å². The first-order chi connectivity index (χ1) is 60.0. The Labute approximate surface area is 719 Å². The molecule has 10 heterocycles. The van der Waals surface area contributed by atoms with Gasteiger partial charge in [0.15, 0.2) is 34.9 Å². The highest BCUT2D eigenvalue weighted by Gasteiger charge is 2.26. The average Bonchev–Trinajstić information content (AvgIpc) is 1.59. The number of aryl methyl sites for hydroxylation is 1. The molecule has 0 saturated carbocycles. The Hall–Kier alpha value is -13.6. The number of rotatable bonds is 21. The van der Waals surface area contributed by atoms with Crippen molar-refractivity contribution in [1.29, 1.82) is 0 Å². The molecule has 0 atom stereocenters. The van der Waals surface area contributed by atoms with Gasteiger partial charge in [0.2, 0.25) is 0 Å². The highest BCUT2D eigenvalue weighted by Crippen LogP contribution is 2.32. The van der Waals surface area contributed by atoms with Gasteiger partial charge in [-0.05, 0) is 230 Å². The monoisotopic (exact) mass is 1680 g/mol. The Kier molecular flexibility index (Phi) is 29.7. The second-order valence-corrected chi connectivity index (χ2v) is 31.4. The summed E-state index contributed by atoms with van der Waals surface area (Å²) < 4.78 is 22.4. The van der Waals surface area contributed by atoms with Crippen LogP contribution in [0.25, 0.3) is 50.7 Å². The Morgan fingerprint density at radius 2 is 0.645 bits per heavy atom. The molecule has 4 fully saturated rings. The van der Waals surface area contributed by atoms with Crippen LogP contribution >= 0.6 is 0 Å². The van der Waals surface area contributed by atoms with E-state index in [1.165, 1.54) is 16.0 Å². The van der Waals surface area contributed by atoms with Crippen molar-refractivity contribution < 1.29 is 47.8 Å². The molecule has 6 aromatic heterocycles. The molecule has 6 N–H and O–H groups in total. The quantitative estimate of drug-likeness (QED) is 0.0389. The van der Waals surface area contributed by atoms with Crippen molar-refractivity contribution in [1.82, 2.24) is 73.2 Å². The smallest absolute Gasteiger partial charge is 0.373 e. The average molecular weight is 1680 g/mol. The van der Waals surface area contributed by atoms with E-state index in [1.807, 2.05) is 150 Å². The number of hydrogen-bond donors (Lipinski definition) is 6. The van der Waals surface area contributed by atoms with Crippen molar-refractivity contribution in [3.05, 3.63) is 216 Å². The number of aromatic nitrogens is 9. The minimum absolute atomic E-state index is 0.0140. The van der Waals surface area contributed by atoms with Crippen LogP contribution in [-0.2, 0) is 49.9 Å². The number of anilines is 9. The molecule has 6 aromatic carbocycles. The molecule has 34 nitrogen and oxygen atoms in total. The largest absolute Gasteiger partial charge is 0.378 e. The Bertz CT molecular complexity index is 5650.